The van der Waals surface area contributed by atoms with Gasteiger partial charge in [-0.3, -0.25) is 4.79 Å². The molecule has 0 aliphatic carbocycles. The van der Waals surface area contributed by atoms with Crippen LogP contribution in [0.5, 0.6) is 0 Å². The van der Waals surface area contributed by atoms with Crippen molar-refractivity contribution < 1.29 is 17.7 Å². The van der Waals surface area contributed by atoms with E-state index in [9.17, 15) is 13.2 Å². The molecule has 0 spiro atoms. The summed E-state index contributed by atoms with van der Waals surface area (Å²) >= 11 is 0. The maximum Gasteiger partial charge on any atom is 0.238 e. The van der Waals surface area contributed by atoms with Gasteiger partial charge in [0.2, 0.25) is 15.9 Å². The fourth-order valence-corrected chi connectivity index (χ4v) is 3.13. The number of sulfonamides is 1. The molecule has 0 aliphatic heterocycles. The maximum atomic E-state index is 12.5. The highest BCUT2D eigenvalue weighted by molar-refractivity contribution is 7.89. The van der Waals surface area contributed by atoms with E-state index >= 15 is 0 Å². The molecule has 0 unspecified atom stereocenters. The molecule has 0 saturated carbocycles. The number of primary sulfonamides is 1. The van der Waals surface area contributed by atoms with Crippen molar-refractivity contribution in [1.82, 2.24) is 5.16 Å². The molecule has 0 fully saturated rings. The van der Waals surface area contributed by atoms with Crippen LogP contribution in [-0.4, -0.2) is 33.6 Å². The lowest BCUT2D eigenvalue weighted by Gasteiger charge is -2.18. The smallest absolute Gasteiger partial charge is 0.238 e. The van der Waals surface area contributed by atoms with Crippen molar-refractivity contribution in [2.75, 3.05) is 24.3 Å². The Bertz CT molecular complexity index is 1070. The molecule has 2 aromatic carbocycles. The summed E-state index contributed by atoms with van der Waals surface area (Å²) < 4.78 is 28.4. The van der Waals surface area contributed by atoms with Crippen molar-refractivity contribution in [2.45, 2.75) is 11.3 Å². The number of rotatable bonds is 5. The average molecular weight is 374 g/mol. The van der Waals surface area contributed by atoms with E-state index in [0.717, 1.165) is 5.39 Å². The van der Waals surface area contributed by atoms with Gasteiger partial charge < -0.3 is 14.7 Å². The summed E-state index contributed by atoms with van der Waals surface area (Å²) in [6.45, 7) is 0. The van der Waals surface area contributed by atoms with Gasteiger partial charge in [-0.2, -0.15) is 0 Å². The molecule has 3 N–H and O–H groups in total. The standard InChI is InChI=1S/C17H18N4O4S/c1-21(2)15-8-7-11(26(18,23)24)9-14(15)19-17(22)10-13-12-5-3-4-6-16(12)25-20-13/h3-9H,10H2,1-2H3,(H,19,22)(H2,18,23,24). The zero-order chi connectivity index (χ0) is 18.9. The Balaban J connectivity index is 1.88. The number of nitrogens with zero attached hydrogens (tertiary/aromatic N) is 2. The van der Waals surface area contributed by atoms with E-state index in [1.165, 1.54) is 12.1 Å². The summed E-state index contributed by atoms with van der Waals surface area (Å²) in [5.74, 6) is -0.348. The minimum absolute atomic E-state index is 0.0104. The lowest BCUT2D eigenvalue weighted by atomic mass is 10.1. The molecule has 9 heteroatoms. The van der Waals surface area contributed by atoms with Crippen LogP contribution in [0.1, 0.15) is 5.69 Å². The molecule has 0 bridgehead atoms. The van der Waals surface area contributed by atoms with Gasteiger partial charge in [-0.25, -0.2) is 13.6 Å². The second-order valence-corrected chi connectivity index (χ2v) is 7.53. The second-order valence-electron chi connectivity index (χ2n) is 5.97. The van der Waals surface area contributed by atoms with Crippen LogP contribution in [0.2, 0.25) is 0 Å². The Morgan fingerprint density at radius 1 is 1.23 bits per heavy atom. The monoisotopic (exact) mass is 374 g/mol. The lowest BCUT2D eigenvalue weighted by molar-refractivity contribution is -0.115. The summed E-state index contributed by atoms with van der Waals surface area (Å²) in [6, 6.07) is 11.6. The number of aromatic nitrogens is 1. The Hall–Kier alpha value is -2.91. The van der Waals surface area contributed by atoms with Crippen LogP contribution in [0.15, 0.2) is 51.9 Å². The molecular weight excluding hydrogens is 356 g/mol. The summed E-state index contributed by atoms with van der Waals surface area (Å²) in [5, 5.41) is 12.6. The third-order valence-electron chi connectivity index (χ3n) is 3.83. The highest BCUT2D eigenvalue weighted by Crippen LogP contribution is 2.27. The fourth-order valence-electron chi connectivity index (χ4n) is 2.59. The van der Waals surface area contributed by atoms with Crippen molar-refractivity contribution in [3.8, 4) is 0 Å². The summed E-state index contributed by atoms with van der Waals surface area (Å²) in [6.07, 6.45) is -0.0104. The predicted molar refractivity (Wildman–Crippen MR) is 98.5 cm³/mol. The number of nitrogens with one attached hydrogen (secondary N) is 1. The van der Waals surface area contributed by atoms with E-state index in [2.05, 4.69) is 10.5 Å². The number of nitrogens with two attached hydrogens (primary N) is 1. The first-order valence-corrected chi connectivity index (χ1v) is 9.27. The number of hydrogen-bond donors (Lipinski definition) is 2. The first kappa shape index (κ1) is 17.9. The zero-order valence-corrected chi connectivity index (χ0v) is 15.1. The second kappa shape index (κ2) is 6.77. The van der Waals surface area contributed by atoms with Crippen LogP contribution in [0, 0.1) is 0 Å². The number of anilines is 2. The normalized spacial score (nSPS) is 11.5. The maximum absolute atomic E-state index is 12.5. The highest BCUT2D eigenvalue weighted by Gasteiger charge is 2.17. The van der Waals surface area contributed by atoms with Crippen LogP contribution >= 0.6 is 0 Å². The van der Waals surface area contributed by atoms with Gasteiger partial charge in [-0.15, -0.1) is 0 Å². The predicted octanol–water partition coefficient (Wildman–Crippen LogP) is 1.72. The Morgan fingerprint density at radius 3 is 2.65 bits per heavy atom. The third kappa shape index (κ3) is 3.68. The molecule has 1 heterocycles. The van der Waals surface area contributed by atoms with Gasteiger partial charge in [-0.05, 0) is 30.3 Å². The van der Waals surface area contributed by atoms with Crippen LogP contribution in [0.3, 0.4) is 0 Å². The summed E-state index contributed by atoms with van der Waals surface area (Å²) in [5.41, 5.74) is 2.10. The molecule has 3 rings (SSSR count). The molecule has 0 saturated heterocycles. The van der Waals surface area contributed by atoms with Crippen molar-refractivity contribution in [3.05, 3.63) is 48.2 Å². The van der Waals surface area contributed by atoms with Crippen LogP contribution < -0.4 is 15.4 Å². The minimum atomic E-state index is -3.88. The molecule has 8 nitrogen and oxygen atoms in total. The van der Waals surface area contributed by atoms with E-state index in [1.54, 1.807) is 31.1 Å². The van der Waals surface area contributed by atoms with Gasteiger partial charge >= 0.3 is 0 Å². The Morgan fingerprint density at radius 2 is 1.96 bits per heavy atom. The van der Waals surface area contributed by atoms with E-state index in [4.69, 9.17) is 9.66 Å². The van der Waals surface area contributed by atoms with E-state index in [1.807, 2.05) is 18.2 Å². The molecule has 1 amide bonds. The number of amides is 1. The first-order valence-electron chi connectivity index (χ1n) is 7.73. The Kier molecular flexibility index (Phi) is 4.66. The van der Waals surface area contributed by atoms with E-state index in [0.29, 0.717) is 22.7 Å². The van der Waals surface area contributed by atoms with Gasteiger partial charge in [0, 0.05) is 19.5 Å². The quantitative estimate of drug-likeness (QED) is 0.702. The molecule has 1 aromatic heterocycles. The van der Waals surface area contributed by atoms with Crippen LogP contribution in [-0.2, 0) is 21.2 Å². The highest BCUT2D eigenvalue weighted by atomic mass is 32.2. The number of hydrogen-bond acceptors (Lipinski definition) is 6. The average Bonchev–Trinajstić information content (AvgIpc) is 2.97. The SMILES string of the molecule is CN(C)c1ccc(S(N)(=O)=O)cc1NC(=O)Cc1noc2ccccc12. The van der Waals surface area contributed by atoms with E-state index < -0.39 is 10.0 Å². The lowest BCUT2D eigenvalue weighted by Crippen LogP contribution is -2.20. The molecule has 3 aromatic rings. The number of fused-ring (bicyclic) bond motifs is 1. The van der Waals surface area contributed by atoms with Gasteiger partial charge in [0.15, 0.2) is 5.58 Å². The molecule has 26 heavy (non-hydrogen) atoms. The Labute approximate surface area is 150 Å². The van der Waals surface area contributed by atoms with Gasteiger partial charge in [0.25, 0.3) is 0 Å². The summed E-state index contributed by atoms with van der Waals surface area (Å²) in [7, 11) is -0.311. The number of carbonyl (C=O) groups is 1. The van der Waals surface area contributed by atoms with Gasteiger partial charge in [-0.1, -0.05) is 17.3 Å². The topological polar surface area (TPSA) is 119 Å². The third-order valence-corrected chi connectivity index (χ3v) is 4.74. The van der Waals surface area contributed by atoms with Crippen LogP contribution in [0.4, 0.5) is 11.4 Å². The first-order chi connectivity index (χ1) is 12.3. The molecule has 0 radical (unpaired) electrons. The molecule has 0 atom stereocenters. The number of carbonyl (C=O) groups excluding carboxylic acids is 1. The van der Waals surface area contributed by atoms with Crippen molar-refractivity contribution in [3.63, 3.8) is 0 Å². The van der Waals surface area contributed by atoms with Crippen molar-refractivity contribution in [2.24, 2.45) is 5.14 Å². The van der Waals surface area contributed by atoms with Crippen LogP contribution in [0.25, 0.3) is 11.0 Å². The largest absolute Gasteiger partial charge is 0.376 e. The zero-order valence-electron chi connectivity index (χ0n) is 14.3. The van der Waals surface area contributed by atoms with Gasteiger partial charge in [0.1, 0.15) is 5.69 Å². The molecule has 0 aliphatic rings. The van der Waals surface area contributed by atoms with E-state index in [-0.39, 0.29) is 17.2 Å². The summed E-state index contributed by atoms with van der Waals surface area (Å²) in [4.78, 5) is 14.1. The van der Waals surface area contributed by atoms with Gasteiger partial charge in [0.05, 0.1) is 22.7 Å². The fraction of sp³-hybridized carbons (Fsp3) is 0.176. The minimum Gasteiger partial charge on any atom is -0.376 e. The number of para-hydroxylation sites is 1. The number of benzene rings is 2. The molecule has 136 valence electrons. The molecular formula is C17H18N4O4S. The van der Waals surface area contributed by atoms with Crippen molar-refractivity contribution in [1.29, 1.82) is 0 Å². The van der Waals surface area contributed by atoms with Crippen molar-refractivity contribution >= 4 is 38.3 Å².